The fraction of sp³-hybridized carbons (Fsp3) is 0.355. The van der Waals surface area contributed by atoms with E-state index in [1.54, 1.807) is 12.1 Å². The van der Waals surface area contributed by atoms with E-state index in [1.807, 2.05) is 24.3 Å². The highest BCUT2D eigenvalue weighted by Crippen LogP contribution is 2.43. The summed E-state index contributed by atoms with van der Waals surface area (Å²) in [6.45, 7) is 1.59. The van der Waals surface area contributed by atoms with E-state index in [0.717, 1.165) is 17.3 Å². The van der Waals surface area contributed by atoms with Crippen molar-refractivity contribution in [2.45, 2.75) is 63.9 Å². The van der Waals surface area contributed by atoms with Gasteiger partial charge in [0.25, 0.3) is 0 Å². The van der Waals surface area contributed by atoms with Crippen LogP contribution in [0, 0.1) is 5.92 Å². The molecule has 0 amide bonds. The lowest BCUT2D eigenvalue weighted by Gasteiger charge is -2.30. The van der Waals surface area contributed by atoms with Crippen molar-refractivity contribution in [3.63, 3.8) is 0 Å². The van der Waals surface area contributed by atoms with Crippen LogP contribution in [0.1, 0.15) is 71.4 Å². The number of carbonyl (C=O) groups is 1. The molecule has 0 spiro atoms. The molecule has 2 aromatic carbocycles. The van der Waals surface area contributed by atoms with Gasteiger partial charge >= 0.3 is 18.3 Å². The number of benzene rings is 2. The van der Waals surface area contributed by atoms with Gasteiger partial charge in [0, 0.05) is 10.6 Å². The lowest BCUT2D eigenvalue weighted by molar-refractivity contribution is -0.182. The molecule has 5 rings (SSSR count). The van der Waals surface area contributed by atoms with Crippen molar-refractivity contribution < 1.29 is 41.0 Å². The first kappa shape index (κ1) is 32.3. The summed E-state index contributed by atoms with van der Waals surface area (Å²) >= 11 is 6.23. The van der Waals surface area contributed by atoms with Gasteiger partial charge in [-0.2, -0.15) is 31.4 Å². The molecule has 1 aliphatic carbocycles. The van der Waals surface area contributed by atoms with Crippen LogP contribution in [-0.4, -0.2) is 37.0 Å². The van der Waals surface area contributed by atoms with Crippen LogP contribution in [0.4, 0.5) is 26.3 Å². The van der Waals surface area contributed by atoms with Gasteiger partial charge in [-0.25, -0.2) is 14.5 Å². The molecule has 14 heteroatoms. The van der Waals surface area contributed by atoms with Gasteiger partial charge < -0.3 is 9.84 Å². The van der Waals surface area contributed by atoms with Crippen molar-refractivity contribution in [1.82, 2.24) is 19.7 Å². The molecular weight excluding hydrogens is 626 g/mol. The molecule has 7 nitrogen and oxygen atoms in total. The Hall–Kier alpha value is -4.13. The summed E-state index contributed by atoms with van der Waals surface area (Å²) in [4.78, 5) is 20.1. The standard InChI is InChI=1S/C31H27ClF6N4O3/c1-2-23-27(29(43)44)28(31(36,37)38)42(41-23)26-15-39-14-24(40-26)22-13-21(32)11-12-25(22)45-16-17-3-5-18(6-4-17)19-7-9-20(10-8-19)30(33,34)35/h3-6,11-15,19-20H,2,7-10,16H2,1H3,(H,43,44). The topological polar surface area (TPSA) is 90.1 Å². The minimum Gasteiger partial charge on any atom is -0.488 e. The van der Waals surface area contributed by atoms with Crippen molar-refractivity contribution in [3.8, 4) is 22.8 Å². The van der Waals surface area contributed by atoms with Crippen LogP contribution in [0.3, 0.4) is 0 Å². The molecule has 0 aliphatic heterocycles. The van der Waals surface area contributed by atoms with E-state index in [1.165, 1.54) is 19.2 Å². The van der Waals surface area contributed by atoms with Gasteiger partial charge in [0.2, 0.25) is 0 Å². The number of aryl methyl sites for hydroxylation is 1. The van der Waals surface area contributed by atoms with Gasteiger partial charge in [-0.3, -0.25) is 4.98 Å². The van der Waals surface area contributed by atoms with E-state index < -0.39 is 35.5 Å². The number of carboxylic acids is 1. The van der Waals surface area contributed by atoms with Gasteiger partial charge in [-0.05, 0) is 67.3 Å². The van der Waals surface area contributed by atoms with E-state index in [0.29, 0.717) is 33.9 Å². The highest BCUT2D eigenvalue weighted by Gasteiger charge is 2.43. The zero-order valence-electron chi connectivity index (χ0n) is 23.8. The zero-order valence-corrected chi connectivity index (χ0v) is 24.5. The highest BCUT2D eigenvalue weighted by atomic mass is 35.5. The third-order valence-corrected chi connectivity index (χ3v) is 8.10. The summed E-state index contributed by atoms with van der Waals surface area (Å²) in [5.74, 6) is -3.00. The molecule has 1 N–H and O–H groups in total. The first-order chi connectivity index (χ1) is 21.3. The maximum absolute atomic E-state index is 14.0. The number of nitrogens with zero attached hydrogens (tertiary/aromatic N) is 4. The number of aromatic carboxylic acids is 1. The quantitative estimate of drug-likeness (QED) is 0.192. The van der Waals surface area contributed by atoms with E-state index in [9.17, 15) is 36.2 Å². The second-order valence-corrected chi connectivity index (χ2v) is 11.2. The third-order valence-electron chi connectivity index (χ3n) is 7.87. The van der Waals surface area contributed by atoms with Gasteiger partial charge in [0.15, 0.2) is 11.5 Å². The first-order valence-electron chi connectivity index (χ1n) is 14.1. The maximum Gasteiger partial charge on any atom is 0.434 e. The molecule has 0 bridgehead atoms. The van der Waals surface area contributed by atoms with Crippen LogP contribution in [-0.2, 0) is 19.2 Å². The number of alkyl halides is 6. The normalized spacial score (nSPS) is 17.3. The highest BCUT2D eigenvalue weighted by molar-refractivity contribution is 6.31. The van der Waals surface area contributed by atoms with Crippen LogP contribution in [0.5, 0.6) is 5.75 Å². The predicted octanol–water partition coefficient (Wildman–Crippen LogP) is 8.68. The Morgan fingerprint density at radius 2 is 1.71 bits per heavy atom. The number of hydrogen-bond acceptors (Lipinski definition) is 5. The minimum absolute atomic E-state index is 0.0555. The SMILES string of the molecule is CCc1nn(-c2cncc(-c3cc(Cl)ccc3OCc3ccc(C4CCC(C(F)(F)F)CC4)cc3)n2)c(C(F)(F)F)c1C(=O)O. The molecule has 0 atom stereocenters. The Kier molecular flexibility index (Phi) is 9.11. The molecule has 45 heavy (non-hydrogen) atoms. The molecule has 1 saturated carbocycles. The van der Waals surface area contributed by atoms with Crippen molar-refractivity contribution >= 4 is 17.6 Å². The van der Waals surface area contributed by atoms with E-state index in [4.69, 9.17) is 16.3 Å². The van der Waals surface area contributed by atoms with Crippen LogP contribution < -0.4 is 4.74 Å². The number of halogens is 7. The van der Waals surface area contributed by atoms with Gasteiger partial charge in [-0.15, -0.1) is 0 Å². The second-order valence-electron chi connectivity index (χ2n) is 10.8. The van der Waals surface area contributed by atoms with Crippen LogP contribution in [0.2, 0.25) is 5.02 Å². The molecule has 238 valence electrons. The fourth-order valence-corrected chi connectivity index (χ4v) is 5.75. The first-order valence-corrected chi connectivity index (χ1v) is 14.5. The van der Waals surface area contributed by atoms with E-state index in [-0.39, 0.29) is 49.0 Å². The number of aromatic nitrogens is 4. The molecule has 2 aromatic heterocycles. The summed E-state index contributed by atoms with van der Waals surface area (Å²) in [6.07, 6.45) is -5.76. The van der Waals surface area contributed by atoms with Crippen molar-refractivity contribution in [3.05, 3.63) is 88.0 Å². The van der Waals surface area contributed by atoms with Crippen LogP contribution >= 0.6 is 11.6 Å². The van der Waals surface area contributed by atoms with Crippen LogP contribution in [0.25, 0.3) is 17.1 Å². The number of hydrogen-bond donors (Lipinski definition) is 1. The fourth-order valence-electron chi connectivity index (χ4n) is 5.58. The summed E-state index contributed by atoms with van der Waals surface area (Å²) in [7, 11) is 0. The average Bonchev–Trinajstić information content (AvgIpc) is 3.42. The molecule has 4 aromatic rings. The molecule has 1 aliphatic rings. The Morgan fingerprint density at radius 3 is 2.31 bits per heavy atom. The van der Waals surface area contributed by atoms with Gasteiger partial charge in [0.05, 0.1) is 29.7 Å². The molecule has 0 saturated heterocycles. The van der Waals surface area contributed by atoms with Crippen LogP contribution in [0.15, 0.2) is 54.9 Å². The summed E-state index contributed by atoms with van der Waals surface area (Å²) < 4.78 is 87.7. The Balaban J connectivity index is 1.38. The number of ether oxygens (including phenoxy) is 1. The lowest BCUT2D eigenvalue weighted by Crippen LogP contribution is -2.27. The lowest BCUT2D eigenvalue weighted by atomic mass is 9.78. The Labute approximate surface area is 258 Å². The monoisotopic (exact) mass is 652 g/mol. The summed E-state index contributed by atoms with van der Waals surface area (Å²) in [6, 6.07) is 12.1. The minimum atomic E-state index is -5.05. The molecule has 1 fully saturated rings. The number of carboxylic acid groups (broad SMARTS) is 1. The smallest absolute Gasteiger partial charge is 0.434 e. The average molecular weight is 653 g/mol. The van der Waals surface area contributed by atoms with E-state index >= 15 is 0 Å². The third kappa shape index (κ3) is 7.08. The molecule has 2 heterocycles. The summed E-state index contributed by atoms with van der Waals surface area (Å²) in [5, 5.41) is 13.7. The molecular formula is C31H27ClF6N4O3. The predicted molar refractivity (Wildman–Crippen MR) is 152 cm³/mol. The maximum atomic E-state index is 14.0. The van der Waals surface area contributed by atoms with Crippen molar-refractivity contribution in [2.75, 3.05) is 0 Å². The van der Waals surface area contributed by atoms with E-state index in [2.05, 4.69) is 15.1 Å². The summed E-state index contributed by atoms with van der Waals surface area (Å²) in [5.41, 5.74) is -0.510. The molecule has 0 radical (unpaired) electrons. The van der Waals surface area contributed by atoms with Gasteiger partial charge in [-0.1, -0.05) is 42.8 Å². The Bertz CT molecular complexity index is 1680. The zero-order chi connectivity index (χ0) is 32.5. The number of rotatable bonds is 8. The van der Waals surface area contributed by atoms with Crippen molar-refractivity contribution in [2.24, 2.45) is 5.92 Å². The Morgan fingerprint density at radius 1 is 1.02 bits per heavy atom. The van der Waals surface area contributed by atoms with Crippen molar-refractivity contribution in [1.29, 1.82) is 0 Å². The second kappa shape index (κ2) is 12.7. The molecule has 0 unspecified atom stereocenters. The van der Waals surface area contributed by atoms with Gasteiger partial charge in [0.1, 0.15) is 17.9 Å². The largest absolute Gasteiger partial charge is 0.488 e.